The van der Waals surface area contributed by atoms with Gasteiger partial charge in [-0.1, -0.05) is 12.0 Å². The molecule has 0 atom stereocenters. The SMILES string of the molecule is NCc1cccnc1C#CC1CC1. The molecule has 1 aromatic rings. The van der Waals surface area contributed by atoms with Crippen molar-refractivity contribution in [2.24, 2.45) is 11.7 Å². The molecule has 0 aliphatic heterocycles. The Labute approximate surface area is 78.2 Å². The van der Waals surface area contributed by atoms with Gasteiger partial charge in [0, 0.05) is 24.2 Å². The fourth-order valence-electron chi connectivity index (χ4n) is 1.11. The number of nitrogens with zero attached hydrogens (tertiary/aromatic N) is 1. The van der Waals surface area contributed by atoms with Gasteiger partial charge in [0.2, 0.25) is 0 Å². The molecule has 0 unspecified atom stereocenters. The highest BCUT2D eigenvalue weighted by Crippen LogP contribution is 2.27. The molecule has 1 aliphatic rings. The molecule has 1 aromatic heterocycles. The average molecular weight is 172 g/mol. The molecule has 0 aromatic carbocycles. The minimum absolute atomic E-state index is 0.516. The molecule has 0 saturated heterocycles. The quantitative estimate of drug-likeness (QED) is 0.648. The zero-order chi connectivity index (χ0) is 9.10. The molecule has 1 fully saturated rings. The second-order valence-electron chi connectivity index (χ2n) is 3.26. The molecule has 2 rings (SSSR count). The Kier molecular flexibility index (Phi) is 2.29. The van der Waals surface area contributed by atoms with Gasteiger partial charge in [0.1, 0.15) is 5.69 Å². The zero-order valence-electron chi connectivity index (χ0n) is 7.46. The molecule has 0 spiro atoms. The van der Waals surface area contributed by atoms with Crippen LogP contribution < -0.4 is 5.73 Å². The number of nitrogens with two attached hydrogens (primary N) is 1. The molecule has 0 radical (unpaired) electrons. The summed E-state index contributed by atoms with van der Waals surface area (Å²) in [7, 11) is 0. The molecule has 2 N–H and O–H groups in total. The van der Waals surface area contributed by atoms with Gasteiger partial charge >= 0.3 is 0 Å². The van der Waals surface area contributed by atoms with Gasteiger partial charge in [-0.15, -0.1) is 0 Å². The van der Waals surface area contributed by atoms with Crippen LogP contribution in [0.5, 0.6) is 0 Å². The minimum atomic E-state index is 0.516. The van der Waals surface area contributed by atoms with Crippen molar-refractivity contribution in [2.45, 2.75) is 19.4 Å². The lowest BCUT2D eigenvalue weighted by Gasteiger charge is -1.97. The number of aromatic nitrogens is 1. The Morgan fingerprint density at radius 3 is 3.08 bits per heavy atom. The van der Waals surface area contributed by atoms with Crippen LogP contribution in [-0.2, 0) is 6.54 Å². The first-order valence-electron chi connectivity index (χ1n) is 4.55. The second-order valence-corrected chi connectivity index (χ2v) is 3.26. The van der Waals surface area contributed by atoms with Crippen LogP contribution in [-0.4, -0.2) is 4.98 Å². The monoisotopic (exact) mass is 172 g/mol. The van der Waals surface area contributed by atoms with Gasteiger partial charge in [0.15, 0.2) is 0 Å². The molecule has 2 nitrogen and oxygen atoms in total. The van der Waals surface area contributed by atoms with Gasteiger partial charge in [-0.2, -0.15) is 0 Å². The molecule has 1 heterocycles. The van der Waals surface area contributed by atoms with E-state index in [-0.39, 0.29) is 0 Å². The third-order valence-electron chi connectivity index (χ3n) is 2.08. The van der Waals surface area contributed by atoms with Gasteiger partial charge in [-0.25, -0.2) is 4.98 Å². The summed E-state index contributed by atoms with van der Waals surface area (Å²) in [6.07, 6.45) is 4.26. The summed E-state index contributed by atoms with van der Waals surface area (Å²) in [5.74, 6) is 6.88. The molecule has 1 aliphatic carbocycles. The first-order valence-corrected chi connectivity index (χ1v) is 4.55. The first kappa shape index (κ1) is 8.28. The van der Waals surface area contributed by atoms with Crippen molar-refractivity contribution in [2.75, 3.05) is 0 Å². The van der Waals surface area contributed by atoms with E-state index in [0.717, 1.165) is 11.3 Å². The maximum Gasteiger partial charge on any atom is 0.117 e. The van der Waals surface area contributed by atoms with Gasteiger partial charge in [0.25, 0.3) is 0 Å². The van der Waals surface area contributed by atoms with Crippen molar-refractivity contribution in [1.29, 1.82) is 0 Å². The zero-order valence-corrected chi connectivity index (χ0v) is 7.46. The van der Waals surface area contributed by atoms with Crippen LogP contribution in [0.25, 0.3) is 0 Å². The average Bonchev–Trinajstić information content (AvgIpc) is 2.99. The lowest BCUT2D eigenvalue weighted by Crippen LogP contribution is -2.00. The summed E-state index contributed by atoms with van der Waals surface area (Å²) in [6.45, 7) is 0.516. The van der Waals surface area contributed by atoms with E-state index in [1.54, 1.807) is 6.20 Å². The lowest BCUT2D eigenvalue weighted by atomic mass is 10.2. The number of pyridine rings is 1. The van der Waals surface area contributed by atoms with Crippen molar-refractivity contribution in [3.8, 4) is 11.8 Å². The van der Waals surface area contributed by atoms with Crippen molar-refractivity contribution < 1.29 is 0 Å². The fourth-order valence-corrected chi connectivity index (χ4v) is 1.11. The topological polar surface area (TPSA) is 38.9 Å². The normalized spacial score (nSPS) is 14.8. The molecular formula is C11H12N2. The number of rotatable bonds is 1. The van der Waals surface area contributed by atoms with Crippen LogP contribution in [0.1, 0.15) is 24.1 Å². The molecular weight excluding hydrogens is 160 g/mol. The fraction of sp³-hybridized carbons (Fsp3) is 0.364. The molecule has 2 heteroatoms. The second kappa shape index (κ2) is 3.59. The maximum absolute atomic E-state index is 5.56. The van der Waals surface area contributed by atoms with Crippen molar-refractivity contribution in [3.63, 3.8) is 0 Å². The summed E-state index contributed by atoms with van der Waals surface area (Å²) in [6, 6.07) is 3.87. The van der Waals surface area contributed by atoms with Crippen LogP contribution in [0.4, 0.5) is 0 Å². The largest absolute Gasteiger partial charge is 0.326 e. The molecule has 13 heavy (non-hydrogen) atoms. The Balaban J connectivity index is 2.23. The molecule has 66 valence electrons. The predicted molar refractivity (Wildman–Crippen MR) is 51.7 cm³/mol. The molecule has 1 saturated carbocycles. The summed E-state index contributed by atoms with van der Waals surface area (Å²) < 4.78 is 0. The Morgan fingerprint density at radius 1 is 1.54 bits per heavy atom. The summed E-state index contributed by atoms with van der Waals surface area (Å²) in [5, 5.41) is 0. The van der Waals surface area contributed by atoms with Crippen molar-refractivity contribution in [3.05, 3.63) is 29.6 Å². The van der Waals surface area contributed by atoms with Gasteiger partial charge in [0.05, 0.1) is 0 Å². The Bertz CT molecular complexity index is 356. The third kappa shape index (κ3) is 2.07. The first-order chi connectivity index (χ1) is 6.40. The smallest absolute Gasteiger partial charge is 0.117 e. The molecule has 0 amide bonds. The lowest BCUT2D eigenvalue weighted by molar-refractivity contribution is 1.03. The van der Waals surface area contributed by atoms with E-state index in [0.29, 0.717) is 12.5 Å². The van der Waals surface area contributed by atoms with E-state index in [2.05, 4.69) is 16.8 Å². The summed E-state index contributed by atoms with van der Waals surface area (Å²) >= 11 is 0. The third-order valence-corrected chi connectivity index (χ3v) is 2.08. The Hall–Kier alpha value is -1.33. The molecule has 0 bridgehead atoms. The minimum Gasteiger partial charge on any atom is -0.326 e. The number of hydrogen-bond donors (Lipinski definition) is 1. The van der Waals surface area contributed by atoms with Crippen LogP contribution in [0.15, 0.2) is 18.3 Å². The number of hydrogen-bond acceptors (Lipinski definition) is 2. The summed E-state index contributed by atoms with van der Waals surface area (Å²) in [5.41, 5.74) is 7.45. The van der Waals surface area contributed by atoms with Gasteiger partial charge < -0.3 is 5.73 Å². The van der Waals surface area contributed by atoms with Crippen molar-refractivity contribution >= 4 is 0 Å². The van der Waals surface area contributed by atoms with E-state index >= 15 is 0 Å². The van der Waals surface area contributed by atoms with Crippen LogP contribution in [0.3, 0.4) is 0 Å². The van der Waals surface area contributed by atoms with Crippen LogP contribution in [0, 0.1) is 17.8 Å². The standard InChI is InChI=1S/C11H12N2/c12-8-10-2-1-7-13-11(10)6-5-9-3-4-9/h1-2,7,9H,3-4,8,12H2. The summed E-state index contributed by atoms with van der Waals surface area (Å²) in [4.78, 5) is 4.20. The van der Waals surface area contributed by atoms with Crippen LogP contribution >= 0.6 is 0 Å². The highest BCUT2D eigenvalue weighted by Gasteiger charge is 2.17. The van der Waals surface area contributed by atoms with Crippen molar-refractivity contribution in [1.82, 2.24) is 4.98 Å². The highest BCUT2D eigenvalue weighted by molar-refractivity contribution is 5.36. The van der Waals surface area contributed by atoms with E-state index in [1.807, 2.05) is 12.1 Å². The van der Waals surface area contributed by atoms with E-state index < -0.39 is 0 Å². The Morgan fingerprint density at radius 2 is 2.38 bits per heavy atom. The predicted octanol–water partition coefficient (Wildman–Crippen LogP) is 1.30. The van der Waals surface area contributed by atoms with Gasteiger partial charge in [-0.3, -0.25) is 0 Å². The van der Waals surface area contributed by atoms with Gasteiger partial charge in [-0.05, 0) is 24.8 Å². The van der Waals surface area contributed by atoms with E-state index in [9.17, 15) is 0 Å². The maximum atomic E-state index is 5.56. The van der Waals surface area contributed by atoms with E-state index in [4.69, 9.17) is 5.73 Å². The van der Waals surface area contributed by atoms with E-state index in [1.165, 1.54) is 12.8 Å². The van der Waals surface area contributed by atoms with Crippen LogP contribution in [0.2, 0.25) is 0 Å². The highest BCUT2D eigenvalue weighted by atomic mass is 14.7.